The zero-order chi connectivity index (χ0) is 21.3. The van der Waals surface area contributed by atoms with Crippen molar-refractivity contribution in [2.45, 2.75) is 24.7 Å². The molecule has 1 aliphatic rings. The summed E-state index contributed by atoms with van der Waals surface area (Å²) in [5, 5.41) is 0.578. The van der Waals surface area contributed by atoms with Crippen LogP contribution in [0.25, 0.3) is 5.57 Å². The first-order chi connectivity index (χ1) is 14.5. The number of hydrogen-bond donors (Lipinski definition) is 0. The normalized spacial score (nSPS) is 14.2. The van der Waals surface area contributed by atoms with Crippen LogP contribution in [0.5, 0.6) is 0 Å². The molecule has 3 aromatic rings. The van der Waals surface area contributed by atoms with Crippen LogP contribution in [0.15, 0.2) is 88.7 Å². The Bertz CT molecular complexity index is 1120. The number of nitrogens with zero attached hydrogens (tertiary/aromatic N) is 1. The second-order valence-corrected chi connectivity index (χ2v) is 8.84. The van der Waals surface area contributed by atoms with E-state index in [4.69, 9.17) is 11.6 Å². The van der Waals surface area contributed by atoms with E-state index in [1.165, 1.54) is 16.7 Å². The van der Waals surface area contributed by atoms with Crippen LogP contribution >= 0.6 is 23.4 Å². The topological polar surface area (TPSA) is 37.4 Å². The molecule has 0 saturated heterocycles. The zero-order valence-electron chi connectivity index (χ0n) is 16.6. The number of hydrogen-bond acceptors (Lipinski definition) is 3. The zero-order valence-corrected chi connectivity index (χ0v) is 18.2. The van der Waals surface area contributed by atoms with Crippen molar-refractivity contribution in [3.8, 4) is 0 Å². The number of anilines is 1. The van der Waals surface area contributed by atoms with Crippen molar-refractivity contribution >= 4 is 46.4 Å². The van der Waals surface area contributed by atoms with E-state index < -0.39 is 0 Å². The lowest BCUT2D eigenvalue weighted by Gasteiger charge is -2.16. The molecular formula is C25H20ClNO2S. The minimum atomic E-state index is -0.321. The average molecular weight is 434 g/mol. The molecule has 0 atom stereocenters. The lowest BCUT2D eigenvalue weighted by Crippen LogP contribution is -2.31. The van der Waals surface area contributed by atoms with Gasteiger partial charge in [-0.2, -0.15) is 0 Å². The second kappa shape index (κ2) is 8.50. The van der Waals surface area contributed by atoms with Gasteiger partial charge in [-0.3, -0.25) is 9.59 Å². The number of carbonyl (C=O) groups is 2. The molecule has 5 heteroatoms. The van der Waals surface area contributed by atoms with Crippen LogP contribution in [0.2, 0.25) is 5.02 Å². The lowest BCUT2D eigenvalue weighted by atomic mass is 10.0. The molecule has 150 valence electrons. The van der Waals surface area contributed by atoms with Crippen LogP contribution < -0.4 is 4.90 Å². The molecule has 0 aliphatic carbocycles. The van der Waals surface area contributed by atoms with Gasteiger partial charge in [0, 0.05) is 9.92 Å². The Labute approximate surface area is 185 Å². The summed E-state index contributed by atoms with van der Waals surface area (Å²) in [4.78, 5) is 29.4. The third kappa shape index (κ3) is 3.93. The smallest absolute Gasteiger partial charge is 0.268 e. The summed E-state index contributed by atoms with van der Waals surface area (Å²) < 4.78 is 0. The summed E-state index contributed by atoms with van der Waals surface area (Å²) in [5.74, 6) is -0.259. The van der Waals surface area contributed by atoms with Crippen LogP contribution in [0.4, 0.5) is 5.69 Å². The van der Waals surface area contributed by atoms with E-state index in [-0.39, 0.29) is 11.8 Å². The van der Waals surface area contributed by atoms with Crippen LogP contribution in [0.1, 0.15) is 30.9 Å². The fraction of sp³-hybridized carbons (Fsp3) is 0.120. The number of rotatable bonds is 5. The molecule has 30 heavy (non-hydrogen) atoms. The van der Waals surface area contributed by atoms with Crippen molar-refractivity contribution in [2.24, 2.45) is 0 Å². The van der Waals surface area contributed by atoms with Gasteiger partial charge in [0.2, 0.25) is 0 Å². The summed E-state index contributed by atoms with van der Waals surface area (Å²) in [6.07, 6.45) is 0. The van der Waals surface area contributed by atoms with Crippen molar-refractivity contribution in [2.75, 3.05) is 4.90 Å². The summed E-state index contributed by atoms with van der Waals surface area (Å²) in [6.45, 7) is 4.21. The van der Waals surface area contributed by atoms with Gasteiger partial charge in [0.05, 0.1) is 16.2 Å². The molecule has 0 saturated carbocycles. The minimum absolute atomic E-state index is 0.309. The molecule has 0 aromatic heterocycles. The van der Waals surface area contributed by atoms with E-state index in [1.54, 1.807) is 24.3 Å². The first-order valence-electron chi connectivity index (χ1n) is 9.67. The maximum atomic E-state index is 13.4. The van der Waals surface area contributed by atoms with Crippen molar-refractivity contribution in [3.63, 3.8) is 0 Å². The molecular weight excluding hydrogens is 414 g/mol. The molecule has 1 aliphatic heterocycles. The standard InChI is InChI=1S/C25H20ClNO2S/c1-16(2)17-10-14-20(15-11-17)27-24(28)22(18-8-12-19(26)13-9-18)23(25(27)29)30-21-6-4-3-5-7-21/h3-16H,1-2H3. The number of carbonyl (C=O) groups excluding carboxylic acids is 2. The molecule has 2 amide bonds. The van der Waals surface area contributed by atoms with Gasteiger partial charge in [0.15, 0.2) is 0 Å². The second-order valence-electron chi connectivity index (χ2n) is 7.32. The highest BCUT2D eigenvalue weighted by molar-refractivity contribution is 8.04. The van der Waals surface area contributed by atoms with Gasteiger partial charge in [-0.15, -0.1) is 0 Å². The highest BCUT2D eigenvalue weighted by Crippen LogP contribution is 2.41. The first-order valence-corrected chi connectivity index (χ1v) is 10.9. The number of benzene rings is 3. The van der Waals surface area contributed by atoms with E-state index in [0.29, 0.717) is 32.7 Å². The molecule has 4 rings (SSSR count). The van der Waals surface area contributed by atoms with Crippen molar-refractivity contribution in [1.82, 2.24) is 0 Å². The molecule has 0 spiro atoms. The maximum absolute atomic E-state index is 13.4. The predicted octanol–water partition coefficient (Wildman–Crippen LogP) is 6.54. The Morgan fingerprint density at radius 1 is 0.800 bits per heavy atom. The van der Waals surface area contributed by atoms with E-state index >= 15 is 0 Å². The number of halogens is 1. The average Bonchev–Trinajstić information content (AvgIpc) is 2.99. The molecule has 0 N–H and O–H groups in total. The first kappa shape index (κ1) is 20.5. The molecule has 1 heterocycles. The summed E-state index contributed by atoms with van der Waals surface area (Å²) in [6, 6.07) is 24.2. The summed E-state index contributed by atoms with van der Waals surface area (Å²) in [7, 11) is 0. The highest BCUT2D eigenvalue weighted by Gasteiger charge is 2.40. The number of amides is 2. The van der Waals surface area contributed by atoms with Crippen molar-refractivity contribution in [1.29, 1.82) is 0 Å². The van der Waals surface area contributed by atoms with Gasteiger partial charge < -0.3 is 0 Å². The van der Waals surface area contributed by atoms with Gasteiger partial charge in [-0.1, -0.05) is 79.7 Å². The Morgan fingerprint density at radius 3 is 2.03 bits per heavy atom. The molecule has 0 radical (unpaired) electrons. The van der Waals surface area contributed by atoms with Crippen LogP contribution in [0, 0.1) is 0 Å². The minimum Gasteiger partial charge on any atom is -0.268 e. The number of thioether (sulfide) groups is 1. The lowest BCUT2D eigenvalue weighted by molar-refractivity contribution is -0.119. The van der Waals surface area contributed by atoms with Crippen molar-refractivity contribution < 1.29 is 9.59 Å². The summed E-state index contributed by atoms with van der Waals surface area (Å²) >= 11 is 7.34. The predicted molar refractivity (Wildman–Crippen MR) is 124 cm³/mol. The third-order valence-electron chi connectivity index (χ3n) is 4.96. The van der Waals surface area contributed by atoms with Gasteiger partial charge in [0.25, 0.3) is 11.8 Å². The fourth-order valence-corrected chi connectivity index (χ4v) is 4.47. The van der Waals surface area contributed by atoms with E-state index in [2.05, 4.69) is 13.8 Å². The van der Waals surface area contributed by atoms with Gasteiger partial charge in [-0.25, -0.2) is 4.90 Å². The van der Waals surface area contributed by atoms with E-state index in [1.807, 2.05) is 54.6 Å². The molecule has 3 nitrogen and oxygen atoms in total. The number of imide groups is 1. The monoisotopic (exact) mass is 433 g/mol. The van der Waals surface area contributed by atoms with E-state index in [0.717, 1.165) is 10.5 Å². The van der Waals surface area contributed by atoms with Gasteiger partial charge in [0.1, 0.15) is 0 Å². The quantitative estimate of drug-likeness (QED) is 0.428. The van der Waals surface area contributed by atoms with Crippen molar-refractivity contribution in [3.05, 3.63) is 99.9 Å². The Hall–Kier alpha value is -2.82. The SMILES string of the molecule is CC(C)c1ccc(N2C(=O)C(Sc3ccccc3)=C(c3ccc(Cl)cc3)C2=O)cc1. The van der Waals surface area contributed by atoms with Crippen LogP contribution in [0.3, 0.4) is 0 Å². The third-order valence-corrected chi connectivity index (χ3v) is 6.30. The van der Waals surface area contributed by atoms with Gasteiger partial charge in [-0.05, 0) is 53.4 Å². The van der Waals surface area contributed by atoms with Crippen LogP contribution in [-0.2, 0) is 9.59 Å². The summed E-state index contributed by atoms with van der Waals surface area (Å²) in [5.41, 5.74) is 2.81. The Kier molecular flexibility index (Phi) is 5.80. The van der Waals surface area contributed by atoms with Gasteiger partial charge >= 0.3 is 0 Å². The fourth-order valence-electron chi connectivity index (χ4n) is 3.32. The molecule has 0 fully saturated rings. The molecule has 0 unspecified atom stereocenters. The Morgan fingerprint density at radius 2 is 1.43 bits per heavy atom. The molecule has 3 aromatic carbocycles. The maximum Gasteiger partial charge on any atom is 0.272 e. The van der Waals surface area contributed by atoms with Crippen LogP contribution in [-0.4, -0.2) is 11.8 Å². The molecule has 0 bridgehead atoms. The largest absolute Gasteiger partial charge is 0.272 e. The van der Waals surface area contributed by atoms with E-state index in [9.17, 15) is 9.59 Å². The highest BCUT2D eigenvalue weighted by atomic mass is 35.5. The Balaban J connectivity index is 1.78.